The molecule has 0 saturated heterocycles. The minimum absolute atomic E-state index is 0.140. The summed E-state index contributed by atoms with van der Waals surface area (Å²) in [5, 5.41) is 20.1. The second-order valence-corrected chi connectivity index (χ2v) is 5.09. The molecule has 1 aliphatic rings. The van der Waals surface area contributed by atoms with Crippen LogP contribution in [0.2, 0.25) is 0 Å². The fourth-order valence-corrected chi connectivity index (χ4v) is 2.95. The maximum atomic E-state index is 10.1. The van der Waals surface area contributed by atoms with Crippen LogP contribution in [0.3, 0.4) is 0 Å². The van der Waals surface area contributed by atoms with Gasteiger partial charge in [-0.15, -0.1) is 11.6 Å². The highest BCUT2D eigenvalue weighted by Gasteiger charge is 2.42. The molecule has 19 heavy (non-hydrogen) atoms. The summed E-state index contributed by atoms with van der Waals surface area (Å²) >= 11 is 5.80. The number of hydrogen-bond acceptors (Lipinski definition) is 6. The van der Waals surface area contributed by atoms with E-state index in [9.17, 15) is 10.2 Å². The standard InChI is InChI=1S/C11H14ClN5O2/c12-2-5-1-6(9(19)8(5)18)17-4-16-7-10(13)14-3-15-11(7)17/h3-6,8-9,18-19H,1-2H2,(H2,13,14,15). The van der Waals surface area contributed by atoms with Gasteiger partial charge in [-0.3, -0.25) is 0 Å². The maximum absolute atomic E-state index is 10.1. The Balaban J connectivity index is 2.04. The summed E-state index contributed by atoms with van der Waals surface area (Å²) in [5.74, 6) is 0.461. The fourth-order valence-electron chi connectivity index (χ4n) is 2.64. The van der Waals surface area contributed by atoms with Gasteiger partial charge in [-0.05, 0) is 6.42 Å². The van der Waals surface area contributed by atoms with Crippen molar-refractivity contribution in [1.82, 2.24) is 19.5 Å². The van der Waals surface area contributed by atoms with E-state index < -0.39 is 12.2 Å². The molecule has 1 aliphatic carbocycles. The molecule has 8 heteroatoms. The van der Waals surface area contributed by atoms with Crippen molar-refractivity contribution in [3.05, 3.63) is 12.7 Å². The highest BCUT2D eigenvalue weighted by atomic mass is 35.5. The lowest BCUT2D eigenvalue weighted by molar-refractivity contribution is 0.0102. The highest BCUT2D eigenvalue weighted by molar-refractivity contribution is 6.18. The van der Waals surface area contributed by atoms with Crippen molar-refractivity contribution >= 4 is 28.6 Å². The maximum Gasteiger partial charge on any atom is 0.165 e. The van der Waals surface area contributed by atoms with E-state index >= 15 is 0 Å². The van der Waals surface area contributed by atoms with Gasteiger partial charge in [0, 0.05) is 11.8 Å². The number of rotatable bonds is 2. The van der Waals surface area contributed by atoms with Gasteiger partial charge in [-0.25, -0.2) is 15.0 Å². The zero-order valence-corrected chi connectivity index (χ0v) is 10.8. The zero-order chi connectivity index (χ0) is 13.6. The summed E-state index contributed by atoms with van der Waals surface area (Å²) in [6, 6.07) is -0.307. The van der Waals surface area contributed by atoms with Crippen molar-refractivity contribution in [1.29, 1.82) is 0 Å². The third-order valence-electron chi connectivity index (χ3n) is 3.71. The van der Waals surface area contributed by atoms with Gasteiger partial charge >= 0.3 is 0 Å². The van der Waals surface area contributed by atoms with E-state index in [0.717, 1.165) is 0 Å². The number of aromatic nitrogens is 4. The third kappa shape index (κ3) is 1.85. The second-order valence-electron chi connectivity index (χ2n) is 4.78. The van der Waals surface area contributed by atoms with Crippen LogP contribution in [-0.4, -0.2) is 47.8 Å². The van der Waals surface area contributed by atoms with Crippen LogP contribution < -0.4 is 5.73 Å². The molecule has 102 valence electrons. The molecule has 0 amide bonds. The van der Waals surface area contributed by atoms with Crippen molar-refractivity contribution in [2.75, 3.05) is 11.6 Å². The Bertz CT molecular complexity index is 604. The number of nitrogen functional groups attached to an aromatic ring is 1. The molecule has 0 aliphatic heterocycles. The summed E-state index contributed by atoms with van der Waals surface area (Å²) < 4.78 is 1.73. The fraction of sp³-hybridized carbons (Fsp3) is 0.545. The van der Waals surface area contributed by atoms with E-state index in [0.29, 0.717) is 29.3 Å². The van der Waals surface area contributed by atoms with Crippen LogP contribution >= 0.6 is 11.6 Å². The molecular weight excluding hydrogens is 270 g/mol. The van der Waals surface area contributed by atoms with E-state index in [1.165, 1.54) is 6.33 Å². The molecule has 3 rings (SSSR count). The van der Waals surface area contributed by atoms with E-state index in [1.807, 2.05) is 0 Å². The molecular formula is C11H14ClN5O2. The number of nitrogens with two attached hydrogens (primary N) is 1. The molecule has 0 aromatic carbocycles. The number of imidazole rings is 1. The highest BCUT2D eigenvalue weighted by Crippen LogP contribution is 2.37. The summed E-state index contributed by atoms with van der Waals surface area (Å²) in [4.78, 5) is 12.2. The van der Waals surface area contributed by atoms with E-state index in [2.05, 4.69) is 15.0 Å². The van der Waals surface area contributed by atoms with Gasteiger partial charge in [0.15, 0.2) is 11.5 Å². The normalized spacial score (nSPS) is 31.1. The molecule has 4 atom stereocenters. The molecule has 0 radical (unpaired) electrons. The predicted octanol–water partition coefficient (Wildman–Crippen LogP) is -0.0699. The third-order valence-corrected chi connectivity index (χ3v) is 4.11. The lowest BCUT2D eigenvalue weighted by atomic mass is 10.1. The Morgan fingerprint density at radius 3 is 2.79 bits per heavy atom. The minimum Gasteiger partial charge on any atom is -0.390 e. The summed E-state index contributed by atoms with van der Waals surface area (Å²) in [5.41, 5.74) is 6.78. The monoisotopic (exact) mass is 283 g/mol. The minimum atomic E-state index is -0.891. The van der Waals surface area contributed by atoms with E-state index in [4.69, 9.17) is 17.3 Å². The van der Waals surface area contributed by atoms with Crippen LogP contribution in [0, 0.1) is 5.92 Å². The zero-order valence-electron chi connectivity index (χ0n) is 10.0. The van der Waals surface area contributed by atoms with Gasteiger partial charge < -0.3 is 20.5 Å². The molecule has 2 heterocycles. The number of hydrogen-bond donors (Lipinski definition) is 3. The first-order valence-corrected chi connectivity index (χ1v) is 6.52. The van der Waals surface area contributed by atoms with Crippen molar-refractivity contribution in [2.45, 2.75) is 24.7 Å². The van der Waals surface area contributed by atoms with Gasteiger partial charge in [0.25, 0.3) is 0 Å². The van der Waals surface area contributed by atoms with Gasteiger partial charge in [-0.1, -0.05) is 0 Å². The van der Waals surface area contributed by atoms with Crippen molar-refractivity contribution in [2.24, 2.45) is 5.92 Å². The molecule has 4 N–H and O–H groups in total. The quantitative estimate of drug-likeness (QED) is 0.666. The number of fused-ring (bicyclic) bond motifs is 1. The lowest BCUT2D eigenvalue weighted by Gasteiger charge is -2.18. The van der Waals surface area contributed by atoms with Crippen LogP contribution in [0.4, 0.5) is 5.82 Å². The number of alkyl halides is 1. The number of aliphatic hydroxyl groups is 2. The van der Waals surface area contributed by atoms with Gasteiger partial charge in [0.1, 0.15) is 17.9 Å². The molecule has 7 nitrogen and oxygen atoms in total. The second kappa shape index (κ2) is 4.59. The first-order chi connectivity index (χ1) is 9.13. The molecule has 2 aromatic rings. The van der Waals surface area contributed by atoms with Crippen molar-refractivity contribution < 1.29 is 10.2 Å². The molecule has 0 bridgehead atoms. The Morgan fingerprint density at radius 1 is 1.32 bits per heavy atom. The average molecular weight is 284 g/mol. The van der Waals surface area contributed by atoms with Crippen molar-refractivity contribution in [3.8, 4) is 0 Å². The summed E-state index contributed by atoms with van der Waals surface area (Å²) in [6.07, 6.45) is 1.76. The number of halogens is 1. The largest absolute Gasteiger partial charge is 0.390 e. The van der Waals surface area contributed by atoms with E-state index in [-0.39, 0.29) is 12.0 Å². The Kier molecular flexibility index (Phi) is 3.04. The SMILES string of the molecule is Nc1ncnc2c1ncn2C1CC(CCl)C(O)C1O. The molecule has 1 fully saturated rings. The number of aliphatic hydroxyl groups excluding tert-OH is 2. The molecule has 2 aromatic heterocycles. The Morgan fingerprint density at radius 2 is 2.11 bits per heavy atom. The predicted molar refractivity (Wildman–Crippen MR) is 69.6 cm³/mol. The van der Waals surface area contributed by atoms with Gasteiger partial charge in [0.05, 0.1) is 18.5 Å². The van der Waals surface area contributed by atoms with Crippen LogP contribution in [-0.2, 0) is 0 Å². The first-order valence-electron chi connectivity index (χ1n) is 5.98. The number of nitrogens with zero attached hydrogens (tertiary/aromatic N) is 4. The molecule has 4 unspecified atom stereocenters. The smallest absolute Gasteiger partial charge is 0.165 e. The molecule has 0 spiro atoms. The summed E-state index contributed by atoms with van der Waals surface area (Å²) in [6.45, 7) is 0. The van der Waals surface area contributed by atoms with Gasteiger partial charge in [0.2, 0.25) is 0 Å². The summed E-state index contributed by atoms with van der Waals surface area (Å²) in [7, 11) is 0. The van der Waals surface area contributed by atoms with Crippen LogP contribution in [0.15, 0.2) is 12.7 Å². The van der Waals surface area contributed by atoms with Crippen LogP contribution in [0.1, 0.15) is 12.5 Å². The average Bonchev–Trinajstić information content (AvgIpc) is 2.94. The lowest BCUT2D eigenvalue weighted by Crippen LogP contribution is -2.29. The Hall–Kier alpha value is -1.44. The topological polar surface area (TPSA) is 110 Å². The van der Waals surface area contributed by atoms with Crippen LogP contribution in [0.25, 0.3) is 11.2 Å². The first kappa shape index (κ1) is 12.6. The molecule has 1 saturated carbocycles. The van der Waals surface area contributed by atoms with Gasteiger partial charge in [-0.2, -0.15) is 0 Å². The van der Waals surface area contributed by atoms with Crippen LogP contribution in [0.5, 0.6) is 0 Å². The van der Waals surface area contributed by atoms with Crippen molar-refractivity contribution in [3.63, 3.8) is 0 Å². The number of anilines is 1. The Labute approximate surface area is 114 Å². The van der Waals surface area contributed by atoms with E-state index in [1.54, 1.807) is 10.9 Å².